The molecule has 0 spiro atoms. The molecule has 1 heterocycles. The molecule has 0 unspecified atom stereocenters. The average molecular weight is 231 g/mol. The molecule has 1 aromatic carbocycles. The van der Waals surface area contributed by atoms with Crippen LogP contribution in [-0.4, -0.2) is 19.1 Å². The van der Waals surface area contributed by atoms with E-state index in [2.05, 4.69) is 10.3 Å². The lowest BCUT2D eigenvalue weighted by atomic mass is 10.2. The Balaban J connectivity index is 2.33. The molecule has 0 saturated carbocycles. The van der Waals surface area contributed by atoms with E-state index in [9.17, 15) is 4.39 Å². The van der Waals surface area contributed by atoms with Crippen molar-refractivity contribution in [3.8, 4) is 0 Å². The van der Waals surface area contributed by atoms with E-state index in [-0.39, 0.29) is 5.82 Å². The van der Waals surface area contributed by atoms with Gasteiger partial charge in [0.05, 0.1) is 0 Å². The fraction of sp³-hybridized carbons (Fsp3) is 0.154. The van der Waals surface area contributed by atoms with Crippen LogP contribution in [-0.2, 0) is 0 Å². The number of benzene rings is 1. The molecule has 0 bridgehead atoms. The predicted molar refractivity (Wildman–Crippen MR) is 68.2 cm³/mol. The molecule has 0 radical (unpaired) electrons. The number of anilines is 3. The lowest BCUT2D eigenvalue weighted by Crippen LogP contribution is -2.10. The molecule has 0 aliphatic rings. The number of halogens is 1. The van der Waals surface area contributed by atoms with E-state index in [0.29, 0.717) is 0 Å². The Morgan fingerprint density at radius 1 is 1.18 bits per heavy atom. The molecule has 4 heteroatoms. The molecule has 3 nitrogen and oxygen atoms in total. The van der Waals surface area contributed by atoms with Gasteiger partial charge in [-0.3, -0.25) is 0 Å². The third kappa shape index (κ3) is 2.53. The number of hydrogen-bond acceptors (Lipinski definition) is 3. The summed E-state index contributed by atoms with van der Waals surface area (Å²) >= 11 is 0. The van der Waals surface area contributed by atoms with Crippen molar-refractivity contribution in [3.63, 3.8) is 0 Å². The molecular formula is C13H14FN3. The predicted octanol–water partition coefficient (Wildman–Crippen LogP) is 3.03. The van der Waals surface area contributed by atoms with Crippen molar-refractivity contribution < 1.29 is 4.39 Å². The molecule has 0 atom stereocenters. The highest BCUT2D eigenvalue weighted by Gasteiger charge is 2.05. The highest BCUT2D eigenvalue weighted by atomic mass is 19.1. The summed E-state index contributed by atoms with van der Waals surface area (Å²) in [7, 11) is 3.71. The Hall–Kier alpha value is -2.10. The summed E-state index contributed by atoms with van der Waals surface area (Å²) in [6, 6.07) is 10.3. The summed E-state index contributed by atoms with van der Waals surface area (Å²) in [4.78, 5) is 6.05. The first-order valence-corrected chi connectivity index (χ1v) is 5.34. The summed E-state index contributed by atoms with van der Waals surface area (Å²) in [5, 5.41) is 2.97. The van der Waals surface area contributed by atoms with Crippen LogP contribution >= 0.6 is 0 Å². The maximum absolute atomic E-state index is 13.1. The third-order valence-corrected chi connectivity index (χ3v) is 2.58. The molecule has 0 saturated heterocycles. The molecule has 0 aliphatic heterocycles. The largest absolute Gasteiger partial charge is 0.373 e. The summed E-state index contributed by atoms with van der Waals surface area (Å²) in [6.07, 6.45) is 1.72. The van der Waals surface area contributed by atoms with Crippen LogP contribution in [0.5, 0.6) is 0 Å². The van der Waals surface area contributed by atoms with Gasteiger partial charge in [-0.25, -0.2) is 9.37 Å². The highest BCUT2D eigenvalue weighted by Crippen LogP contribution is 2.24. The second-order valence-corrected chi connectivity index (χ2v) is 3.69. The number of hydrogen-bond donors (Lipinski definition) is 1. The fourth-order valence-electron chi connectivity index (χ4n) is 1.60. The molecule has 17 heavy (non-hydrogen) atoms. The first-order chi connectivity index (χ1) is 8.20. The highest BCUT2D eigenvalue weighted by molar-refractivity contribution is 5.64. The monoisotopic (exact) mass is 231 g/mol. The van der Waals surface area contributed by atoms with Gasteiger partial charge in [0.1, 0.15) is 11.6 Å². The minimum Gasteiger partial charge on any atom is -0.373 e. The molecule has 0 fully saturated rings. The zero-order valence-electron chi connectivity index (χ0n) is 9.81. The standard InChI is InChI=1S/C13H14FN3/c1-15-13-9-12(6-7-16-13)17(2)11-5-3-4-10(14)8-11/h3-9H,1-2H3,(H,15,16). The summed E-state index contributed by atoms with van der Waals surface area (Å²) in [5.74, 6) is 0.544. The van der Waals surface area contributed by atoms with Crippen LogP contribution in [0.25, 0.3) is 0 Å². The second-order valence-electron chi connectivity index (χ2n) is 3.69. The van der Waals surface area contributed by atoms with E-state index in [0.717, 1.165) is 17.2 Å². The van der Waals surface area contributed by atoms with Crippen molar-refractivity contribution in [2.24, 2.45) is 0 Å². The van der Waals surface area contributed by atoms with Crippen LogP contribution in [0.3, 0.4) is 0 Å². The van der Waals surface area contributed by atoms with Crippen molar-refractivity contribution in [1.29, 1.82) is 0 Å². The van der Waals surface area contributed by atoms with E-state index in [1.165, 1.54) is 12.1 Å². The summed E-state index contributed by atoms with van der Waals surface area (Å²) in [6.45, 7) is 0. The van der Waals surface area contributed by atoms with Gasteiger partial charge in [-0.1, -0.05) is 6.07 Å². The molecular weight excluding hydrogens is 217 g/mol. The Morgan fingerprint density at radius 3 is 2.65 bits per heavy atom. The van der Waals surface area contributed by atoms with Crippen LogP contribution < -0.4 is 10.2 Å². The fourth-order valence-corrected chi connectivity index (χ4v) is 1.60. The molecule has 0 aliphatic carbocycles. The lowest BCUT2D eigenvalue weighted by molar-refractivity contribution is 0.628. The number of rotatable bonds is 3. The van der Waals surface area contributed by atoms with Gasteiger partial charge >= 0.3 is 0 Å². The summed E-state index contributed by atoms with van der Waals surface area (Å²) < 4.78 is 13.1. The van der Waals surface area contributed by atoms with Crippen LogP contribution in [0.1, 0.15) is 0 Å². The van der Waals surface area contributed by atoms with E-state index in [1.807, 2.05) is 37.2 Å². The lowest BCUT2D eigenvalue weighted by Gasteiger charge is -2.19. The smallest absolute Gasteiger partial charge is 0.127 e. The quantitative estimate of drug-likeness (QED) is 0.880. The summed E-state index contributed by atoms with van der Waals surface area (Å²) in [5.41, 5.74) is 1.76. The van der Waals surface area contributed by atoms with E-state index >= 15 is 0 Å². The van der Waals surface area contributed by atoms with Gasteiger partial charge in [-0.2, -0.15) is 0 Å². The van der Waals surface area contributed by atoms with Gasteiger partial charge in [0.2, 0.25) is 0 Å². The zero-order chi connectivity index (χ0) is 12.3. The molecule has 1 aromatic heterocycles. The zero-order valence-corrected chi connectivity index (χ0v) is 9.81. The number of nitrogens with one attached hydrogen (secondary N) is 1. The van der Waals surface area contributed by atoms with E-state index in [1.54, 1.807) is 12.3 Å². The van der Waals surface area contributed by atoms with Crippen LogP contribution in [0.2, 0.25) is 0 Å². The van der Waals surface area contributed by atoms with Crippen molar-refractivity contribution in [2.75, 3.05) is 24.3 Å². The van der Waals surface area contributed by atoms with Gasteiger partial charge in [0, 0.05) is 37.7 Å². The Labute approximate surface area is 99.9 Å². The molecule has 2 rings (SSSR count). The number of aromatic nitrogens is 1. The van der Waals surface area contributed by atoms with Gasteiger partial charge in [0.15, 0.2) is 0 Å². The number of nitrogens with zero attached hydrogens (tertiary/aromatic N) is 2. The molecule has 2 aromatic rings. The Kier molecular flexibility index (Phi) is 3.23. The van der Waals surface area contributed by atoms with Crippen molar-refractivity contribution in [2.45, 2.75) is 0 Å². The van der Waals surface area contributed by atoms with Gasteiger partial charge < -0.3 is 10.2 Å². The maximum Gasteiger partial charge on any atom is 0.127 e. The first-order valence-electron chi connectivity index (χ1n) is 5.34. The topological polar surface area (TPSA) is 28.2 Å². The van der Waals surface area contributed by atoms with Gasteiger partial charge in [0.25, 0.3) is 0 Å². The number of pyridine rings is 1. The van der Waals surface area contributed by atoms with Crippen molar-refractivity contribution >= 4 is 17.2 Å². The minimum absolute atomic E-state index is 0.239. The van der Waals surface area contributed by atoms with Crippen LogP contribution in [0, 0.1) is 5.82 Å². The van der Waals surface area contributed by atoms with E-state index < -0.39 is 0 Å². The Morgan fingerprint density at radius 2 is 1.94 bits per heavy atom. The third-order valence-electron chi connectivity index (χ3n) is 2.58. The maximum atomic E-state index is 13.1. The van der Waals surface area contributed by atoms with Gasteiger partial charge in [-0.15, -0.1) is 0 Å². The SMILES string of the molecule is CNc1cc(N(C)c2cccc(F)c2)ccn1. The van der Waals surface area contributed by atoms with Crippen LogP contribution in [0.4, 0.5) is 21.6 Å². The first kappa shape index (κ1) is 11.4. The Bertz CT molecular complexity index is 514. The second kappa shape index (κ2) is 4.82. The normalized spacial score (nSPS) is 10.1. The molecule has 0 amide bonds. The minimum atomic E-state index is -0.239. The van der Waals surface area contributed by atoms with Crippen LogP contribution in [0.15, 0.2) is 42.6 Å². The molecule has 88 valence electrons. The van der Waals surface area contributed by atoms with E-state index in [4.69, 9.17) is 0 Å². The molecule has 1 N–H and O–H groups in total. The van der Waals surface area contributed by atoms with Gasteiger partial charge in [-0.05, 0) is 24.3 Å². The average Bonchev–Trinajstić information content (AvgIpc) is 2.38. The van der Waals surface area contributed by atoms with Crippen molar-refractivity contribution in [3.05, 3.63) is 48.4 Å². The van der Waals surface area contributed by atoms with Crippen molar-refractivity contribution in [1.82, 2.24) is 4.98 Å².